The van der Waals surface area contributed by atoms with Crippen molar-refractivity contribution in [1.82, 2.24) is 0 Å². The zero-order valence-electron chi connectivity index (χ0n) is 7.94. The molecule has 13 heavy (non-hydrogen) atoms. The van der Waals surface area contributed by atoms with Crippen molar-refractivity contribution in [2.75, 3.05) is 0 Å². The van der Waals surface area contributed by atoms with E-state index in [1.54, 1.807) is 0 Å². The first-order chi connectivity index (χ1) is 6.09. The number of hydrogen-bond acceptors (Lipinski definition) is 1. The van der Waals surface area contributed by atoms with Crippen molar-refractivity contribution in [3.63, 3.8) is 0 Å². The highest BCUT2D eigenvalue weighted by Gasteiger charge is 2.10. The second-order valence-electron chi connectivity index (χ2n) is 3.43. The standard InChI is InChI=1S/C11H11ClO/c1-6-4-7(2)11-9(5-6)10(12)8(3)13-11/h4-5H,1-3H3. The van der Waals surface area contributed by atoms with Gasteiger partial charge in [0.25, 0.3) is 0 Å². The molecule has 1 aromatic heterocycles. The normalized spacial score (nSPS) is 11.1. The Kier molecular flexibility index (Phi) is 1.85. The lowest BCUT2D eigenvalue weighted by atomic mass is 10.1. The van der Waals surface area contributed by atoms with Gasteiger partial charge in [-0.1, -0.05) is 17.7 Å². The first-order valence-electron chi connectivity index (χ1n) is 4.25. The van der Waals surface area contributed by atoms with Crippen molar-refractivity contribution >= 4 is 22.6 Å². The lowest BCUT2D eigenvalue weighted by molar-refractivity contribution is 0.576. The monoisotopic (exact) mass is 194 g/mol. The molecule has 0 bridgehead atoms. The minimum absolute atomic E-state index is 0.738. The highest BCUT2D eigenvalue weighted by atomic mass is 35.5. The van der Waals surface area contributed by atoms with Gasteiger partial charge in [-0.15, -0.1) is 0 Å². The van der Waals surface area contributed by atoms with Crippen molar-refractivity contribution in [3.05, 3.63) is 34.0 Å². The van der Waals surface area contributed by atoms with Crippen LogP contribution in [0.2, 0.25) is 5.02 Å². The maximum absolute atomic E-state index is 6.09. The Bertz CT molecular complexity index is 468. The van der Waals surface area contributed by atoms with Gasteiger partial charge in [-0.2, -0.15) is 0 Å². The van der Waals surface area contributed by atoms with E-state index in [1.807, 2.05) is 13.8 Å². The Morgan fingerprint density at radius 2 is 1.85 bits per heavy atom. The molecule has 0 unspecified atom stereocenters. The number of furan rings is 1. The number of aryl methyl sites for hydroxylation is 3. The molecular formula is C11H11ClO. The molecule has 0 saturated carbocycles. The van der Waals surface area contributed by atoms with E-state index in [2.05, 4.69) is 19.1 Å². The number of hydrogen-bond donors (Lipinski definition) is 0. The smallest absolute Gasteiger partial charge is 0.138 e. The van der Waals surface area contributed by atoms with Crippen LogP contribution < -0.4 is 0 Å². The first-order valence-corrected chi connectivity index (χ1v) is 4.63. The number of fused-ring (bicyclic) bond motifs is 1. The maximum Gasteiger partial charge on any atom is 0.138 e. The maximum atomic E-state index is 6.09. The van der Waals surface area contributed by atoms with Crippen LogP contribution in [0.5, 0.6) is 0 Å². The van der Waals surface area contributed by atoms with Gasteiger partial charge in [0.05, 0.1) is 5.02 Å². The molecule has 2 heteroatoms. The van der Waals surface area contributed by atoms with Crippen LogP contribution in [0.25, 0.3) is 11.0 Å². The molecule has 1 nitrogen and oxygen atoms in total. The van der Waals surface area contributed by atoms with E-state index in [-0.39, 0.29) is 0 Å². The third kappa shape index (κ3) is 1.24. The van der Waals surface area contributed by atoms with E-state index < -0.39 is 0 Å². The topological polar surface area (TPSA) is 13.1 Å². The predicted octanol–water partition coefficient (Wildman–Crippen LogP) is 4.01. The fourth-order valence-electron chi connectivity index (χ4n) is 1.64. The molecule has 2 rings (SSSR count). The van der Waals surface area contributed by atoms with E-state index in [0.717, 1.165) is 27.3 Å². The van der Waals surface area contributed by atoms with E-state index in [0.29, 0.717) is 0 Å². The van der Waals surface area contributed by atoms with Gasteiger partial charge in [-0.3, -0.25) is 0 Å². The summed E-state index contributed by atoms with van der Waals surface area (Å²) in [5.74, 6) is 0.797. The average molecular weight is 195 g/mol. The number of rotatable bonds is 0. The number of halogens is 1. The summed E-state index contributed by atoms with van der Waals surface area (Å²) in [6, 6.07) is 4.16. The fraction of sp³-hybridized carbons (Fsp3) is 0.273. The molecule has 0 fully saturated rings. The Hall–Kier alpha value is -0.950. The quantitative estimate of drug-likeness (QED) is 0.618. The van der Waals surface area contributed by atoms with Crippen molar-refractivity contribution < 1.29 is 4.42 Å². The summed E-state index contributed by atoms with van der Waals surface area (Å²) >= 11 is 6.09. The molecule has 0 amide bonds. The van der Waals surface area contributed by atoms with Crippen molar-refractivity contribution in [1.29, 1.82) is 0 Å². The van der Waals surface area contributed by atoms with Gasteiger partial charge < -0.3 is 4.42 Å². The molecule has 2 aromatic rings. The van der Waals surface area contributed by atoms with Crippen LogP contribution in [-0.4, -0.2) is 0 Å². The fourth-order valence-corrected chi connectivity index (χ4v) is 1.82. The zero-order chi connectivity index (χ0) is 9.59. The summed E-state index contributed by atoms with van der Waals surface area (Å²) in [7, 11) is 0. The predicted molar refractivity (Wildman–Crippen MR) is 55.4 cm³/mol. The minimum atomic E-state index is 0.738. The van der Waals surface area contributed by atoms with Crippen LogP contribution in [0.15, 0.2) is 16.5 Å². The molecule has 0 aliphatic heterocycles. The Balaban J connectivity index is 2.94. The van der Waals surface area contributed by atoms with Gasteiger partial charge in [-0.05, 0) is 38.0 Å². The summed E-state index contributed by atoms with van der Waals surface area (Å²) < 4.78 is 5.55. The molecular weight excluding hydrogens is 184 g/mol. The number of benzene rings is 1. The third-order valence-electron chi connectivity index (χ3n) is 2.22. The van der Waals surface area contributed by atoms with Crippen LogP contribution in [0, 0.1) is 20.8 Å². The zero-order valence-corrected chi connectivity index (χ0v) is 8.70. The first kappa shape index (κ1) is 8.64. The van der Waals surface area contributed by atoms with Crippen LogP contribution in [0.1, 0.15) is 16.9 Å². The Labute approximate surface area is 82.3 Å². The summed E-state index contributed by atoms with van der Waals surface area (Å²) in [6.07, 6.45) is 0. The van der Waals surface area contributed by atoms with Crippen LogP contribution in [-0.2, 0) is 0 Å². The molecule has 0 spiro atoms. The summed E-state index contributed by atoms with van der Waals surface area (Å²) in [5.41, 5.74) is 3.27. The van der Waals surface area contributed by atoms with Crippen molar-refractivity contribution in [2.45, 2.75) is 20.8 Å². The molecule has 1 aromatic carbocycles. The highest BCUT2D eigenvalue weighted by molar-refractivity contribution is 6.36. The second kappa shape index (κ2) is 2.78. The minimum Gasteiger partial charge on any atom is -0.459 e. The molecule has 0 saturated heterocycles. The molecule has 0 atom stereocenters. The van der Waals surface area contributed by atoms with Crippen molar-refractivity contribution in [3.8, 4) is 0 Å². The molecule has 68 valence electrons. The van der Waals surface area contributed by atoms with E-state index in [1.165, 1.54) is 5.56 Å². The average Bonchev–Trinajstić information content (AvgIpc) is 2.32. The van der Waals surface area contributed by atoms with E-state index in [9.17, 15) is 0 Å². The molecule has 0 aliphatic rings. The van der Waals surface area contributed by atoms with Gasteiger partial charge in [0.1, 0.15) is 11.3 Å². The van der Waals surface area contributed by atoms with E-state index >= 15 is 0 Å². The Morgan fingerprint density at radius 3 is 2.54 bits per heavy atom. The van der Waals surface area contributed by atoms with Gasteiger partial charge in [-0.25, -0.2) is 0 Å². The third-order valence-corrected chi connectivity index (χ3v) is 2.69. The van der Waals surface area contributed by atoms with Crippen LogP contribution in [0.4, 0.5) is 0 Å². The highest BCUT2D eigenvalue weighted by Crippen LogP contribution is 2.32. The van der Waals surface area contributed by atoms with Crippen LogP contribution in [0.3, 0.4) is 0 Å². The lowest BCUT2D eigenvalue weighted by Gasteiger charge is -1.96. The van der Waals surface area contributed by atoms with Gasteiger partial charge in [0.15, 0.2) is 0 Å². The van der Waals surface area contributed by atoms with Gasteiger partial charge in [0, 0.05) is 5.39 Å². The summed E-state index contributed by atoms with van der Waals surface area (Å²) in [6.45, 7) is 5.98. The molecule has 0 N–H and O–H groups in total. The summed E-state index contributed by atoms with van der Waals surface area (Å²) in [5, 5.41) is 1.76. The summed E-state index contributed by atoms with van der Waals surface area (Å²) in [4.78, 5) is 0. The molecule has 1 heterocycles. The molecule has 0 aliphatic carbocycles. The SMILES string of the molecule is Cc1cc(C)c2oc(C)c(Cl)c2c1. The largest absolute Gasteiger partial charge is 0.459 e. The van der Waals surface area contributed by atoms with Crippen molar-refractivity contribution in [2.24, 2.45) is 0 Å². The Morgan fingerprint density at radius 1 is 1.15 bits per heavy atom. The van der Waals surface area contributed by atoms with Gasteiger partial charge >= 0.3 is 0 Å². The van der Waals surface area contributed by atoms with Crippen LogP contribution >= 0.6 is 11.6 Å². The lowest BCUT2D eigenvalue weighted by Crippen LogP contribution is -1.76. The second-order valence-corrected chi connectivity index (χ2v) is 3.81. The van der Waals surface area contributed by atoms with E-state index in [4.69, 9.17) is 16.0 Å². The van der Waals surface area contributed by atoms with Gasteiger partial charge in [0.2, 0.25) is 0 Å². The molecule has 0 radical (unpaired) electrons.